The third-order valence-electron chi connectivity index (χ3n) is 4.68. The van der Waals surface area contributed by atoms with E-state index in [4.69, 9.17) is 11.6 Å². The van der Waals surface area contributed by atoms with E-state index in [0.717, 1.165) is 46.3 Å². The van der Waals surface area contributed by atoms with Crippen LogP contribution in [0.2, 0.25) is 5.15 Å². The Morgan fingerprint density at radius 1 is 1.27 bits per heavy atom. The highest BCUT2D eigenvalue weighted by Gasteiger charge is 2.34. The number of thiazole rings is 1. The number of halogens is 1. The fourth-order valence-corrected chi connectivity index (χ4v) is 4.77. The standard InChI is InChI=1S/C17H18ClN3S/c18-17-14(2-1-5-20-17)15-9-21-16(22-15)10-19-8-13-7-11-3-4-12(13)6-11/h1-5,9,11-13,19H,6-8,10H2. The van der Waals surface area contributed by atoms with E-state index in [2.05, 4.69) is 27.4 Å². The van der Waals surface area contributed by atoms with Crippen LogP contribution in [0.5, 0.6) is 0 Å². The number of hydrogen-bond acceptors (Lipinski definition) is 4. The van der Waals surface area contributed by atoms with Gasteiger partial charge in [0.2, 0.25) is 0 Å². The van der Waals surface area contributed by atoms with Gasteiger partial charge in [0.15, 0.2) is 0 Å². The van der Waals surface area contributed by atoms with Gasteiger partial charge in [-0.15, -0.1) is 11.3 Å². The van der Waals surface area contributed by atoms with E-state index < -0.39 is 0 Å². The summed E-state index contributed by atoms with van der Waals surface area (Å²) in [6.07, 6.45) is 11.1. The van der Waals surface area contributed by atoms with Crippen LogP contribution in [-0.4, -0.2) is 16.5 Å². The van der Waals surface area contributed by atoms with Gasteiger partial charge in [0.25, 0.3) is 0 Å². The molecule has 2 aromatic heterocycles. The van der Waals surface area contributed by atoms with Gasteiger partial charge in [0, 0.05) is 24.5 Å². The van der Waals surface area contributed by atoms with Crippen LogP contribution in [0.15, 0.2) is 36.7 Å². The molecule has 2 aliphatic carbocycles. The van der Waals surface area contributed by atoms with Gasteiger partial charge in [0.1, 0.15) is 10.2 Å². The van der Waals surface area contributed by atoms with Crippen LogP contribution in [0, 0.1) is 17.8 Å². The van der Waals surface area contributed by atoms with E-state index in [1.165, 1.54) is 12.8 Å². The van der Waals surface area contributed by atoms with Crippen molar-refractivity contribution < 1.29 is 0 Å². The first-order valence-corrected chi connectivity index (χ1v) is 8.93. The highest BCUT2D eigenvalue weighted by atomic mass is 35.5. The van der Waals surface area contributed by atoms with Crippen molar-refractivity contribution in [2.24, 2.45) is 17.8 Å². The van der Waals surface area contributed by atoms with E-state index in [1.807, 2.05) is 18.3 Å². The van der Waals surface area contributed by atoms with E-state index in [1.54, 1.807) is 17.5 Å². The van der Waals surface area contributed by atoms with E-state index >= 15 is 0 Å². The average molecular weight is 332 g/mol. The van der Waals surface area contributed by atoms with Gasteiger partial charge >= 0.3 is 0 Å². The molecule has 2 aliphatic rings. The van der Waals surface area contributed by atoms with Crippen molar-refractivity contribution in [1.82, 2.24) is 15.3 Å². The van der Waals surface area contributed by atoms with Crippen LogP contribution in [0.3, 0.4) is 0 Å². The Kier molecular flexibility index (Phi) is 3.99. The summed E-state index contributed by atoms with van der Waals surface area (Å²) in [5, 5.41) is 5.22. The molecule has 0 aromatic carbocycles. The summed E-state index contributed by atoms with van der Waals surface area (Å²) in [6.45, 7) is 1.92. The molecule has 114 valence electrons. The molecule has 1 fully saturated rings. The van der Waals surface area contributed by atoms with Gasteiger partial charge in [0.05, 0.1) is 4.88 Å². The number of rotatable bonds is 5. The molecule has 2 heterocycles. The Bertz CT molecular complexity index is 697. The lowest BCUT2D eigenvalue weighted by atomic mass is 9.94. The van der Waals surface area contributed by atoms with E-state index in [0.29, 0.717) is 5.15 Å². The number of nitrogens with one attached hydrogen (secondary N) is 1. The Morgan fingerprint density at radius 3 is 3.00 bits per heavy atom. The number of hydrogen-bond donors (Lipinski definition) is 1. The van der Waals surface area contributed by atoms with Crippen LogP contribution in [0.1, 0.15) is 17.8 Å². The van der Waals surface area contributed by atoms with Crippen LogP contribution in [0.4, 0.5) is 0 Å². The first kappa shape index (κ1) is 14.4. The molecule has 4 rings (SSSR count). The fraction of sp³-hybridized carbons (Fsp3) is 0.412. The number of pyridine rings is 1. The minimum absolute atomic E-state index is 0.541. The van der Waals surface area contributed by atoms with Crippen molar-refractivity contribution in [2.45, 2.75) is 19.4 Å². The molecule has 2 bridgehead atoms. The van der Waals surface area contributed by atoms with Gasteiger partial charge in [-0.25, -0.2) is 9.97 Å². The Labute approximate surface area is 139 Å². The van der Waals surface area contributed by atoms with Crippen LogP contribution >= 0.6 is 22.9 Å². The highest BCUT2D eigenvalue weighted by Crippen LogP contribution is 2.43. The van der Waals surface area contributed by atoms with Crippen LogP contribution in [0.25, 0.3) is 10.4 Å². The lowest BCUT2D eigenvalue weighted by molar-refractivity contribution is 0.414. The third kappa shape index (κ3) is 2.83. The van der Waals surface area contributed by atoms with Crippen molar-refractivity contribution in [3.8, 4) is 10.4 Å². The monoisotopic (exact) mass is 331 g/mol. The quantitative estimate of drug-likeness (QED) is 0.660. The topological polar surface area (TPSA) is 37.8 Å². The summed E-state index contributed by atoms with van der Waals surface area (Å²) in [7, 11) is 0. The molecule has 3 atom stereocenters. The van der Waals surface area contributed by atoms with Crippen molar-refractivity contribution >= 4 is 22.9 Å². The molecule has 3 nitrogen and oxygen atoms in total. The average Bonchev–Trinajstić information content (AvgIpc) is 3.24. The summed E-state index contributed by atoms with van der Waals surface area (Å²) in [6, 6.07) is 3.89. The molecule has 22 heavy (non-hydrogen) atoms. The molecule has 3 unspecified atom stereocenters. The van der Waals surface area contributed by atoms with Crippen LogP contribution < -0.4 is 5.32 Å². The first-order valence-electron chi connectivity index (χ1n) is 7.74. The molecule has 2 aromatic rings. The van der Waals surface area contributed by atoms with Crippen molar-refractivity contribution in [2.75, 3.05) is 6.54 Å². The van der Waals surface area contributed by atoms with Gasteiger partial charge in [-0.05, 0) is 49.3 Å². The summed E-state index contributed by atoms with van der Waals surface area (Å²) in [5.41, 5.74) is 0.964. The van der Waals surface area contributed by atoms with Crippen molar-refractivity contribution in [3.05, 3.63) is 46.8 Å². The largest absolute Gasteiger partial charge is 0.310 e. The zero-order valence-corrected chi connectivity index (χ0v) is 13.8. The number of aromatic nitrogens is 2. The Morgan fingerprint density at radius 2 is 2.23 bits per heavy atom. The van der Waals surface area contributed by atoms with Gasteiger partial charge in [-0.1, -0.05) is 23.8 Å². The predicted octanol–water partition coefficient (Wildman–Crippen LogP) is 4.16. The second-order valence-electron chi connectivity index (χ2n) is 6.13. The molecule has 1 N–H and O–H groups in total. The van der Waals surface area contributed by atoms with Crippen LogP contribution in [-0.2, 0) is 6.54 Å². The molecule has 5 heteroatoms. The summed E-state index contributed by atoms with van der Waals surface area (Å²) in [5.74, 6) is 2.46. The van der Waals surface area contributed by atoms with Gasteiger partial charge in [-0.3, -0.25) is 0 Å². The maximum atomic E-state index is 6.14. The second kappa shape index (κ2) is 6.11. The highest BCUT2D eigenvalue weighted by molar-refractivity contribution is 7.15. The summed E-state index contributed by atoms with van der Waals surface area (Å²) >= 11 is 7.83. The lowest BCUT2D eigenvalue weighted by Gasteiger charge is -2.18. The molecule has 0 radical (unpaired) electrons. The number of nitrogens with zero attached hydrogens (tertiary/aromatic N) is 2. The molecule has 0 aliphatic heterocycles. The SMILES string of the molecule is Clc1ncccc1-c1cnc(CNCC2CC3C=CC2C3)s1. The number of fused-ring (bicyclic) bond motifs is 2. The summed E-state index contributed by atoms with van der Waals surface area (Å²) < 4.78 is 0. The minimum Gasteiger partial charge on any atom is -0.310 e. The Hall–Kier alpha value is -1.23. The molecular weight excluding hydrogens is 314 g/mol. The van der Waals surface area contributed by atoms with Gasteiger partial charge in [-0.2, -0.15) is 0 Å². The maximum absolute atomic E-state index is 6.14. The summed E-state index contributed by atoms with van der Waals surface area (Å²) in [4.78, 5) is 9.71. The molecule has 0 saturated heterocycles. The number of allylic oxidation sites excluding steroid dienone is 2. The van der Waals surface area contributed by atoms with Crippen molar-refractivity contribution in [3.63, 3.8) is 0 Å². The van der Waals surface area contributed by atoms with Gasteiger partial charge < -0.3 is 5.32 Å². The van der Waals surface area contributed by atoms with E-state index in [-0.39, 0.29) is 0 Å². The normalized spacial score (nSPS) is 26.0. The lowest BCUT2D eigenvalue weighted by Crippen LogP contribution is -2.24. The van der Waals surface area contributed by atoms with Crippen molar-refractivity contribution in [1.29, 1.82) is 0 Å². The third-order valence-corrected chi connectivity index (χ3v) is 6.01. The van der Waals surface area contributed by atoms with E-state index in [9.17, 15) is 0 Å². The first-order chi connectivity index (χ1) is 10.8. The zero-order valence-electron chi connectivity index (χ0n) is 12.2. The fourth-order valence-electron chi connectivity index (χ4n) is 3.58. The molecule has 1 saturated carbocycles. The Balaban J connectivity index is 1.35. The second-order valence-corrected chi connectivity index (χ2v) is 7.60. The molecular formula is C17H18ClN3S. The predicted molar refractivity (Wildman–Crippen MR) is 90.9 cm³/mol. The minimum atomic E-state index is 0.541. The smallest absolute Gasteiger partial charge is 0.137 e. The maximum Gasteiger partial charge on any atom is 0.137 e. The molecule has 0 spiro atoms. The molecule has 0 amide bonds. The zero-order chi connectivity index (χ0) is 14.9.